The van der Waals surface area contributed by atoms with E-state index in [1.165, 1.54) is 25.3 Å². The van der Waals surface area contributed by atoms with Gasteiger partial charge in [-0.15, -0.1) is 5.10 Å². The molecule has 0 unspecified atom stereocenters. The molecule has 0 radical (unpaired) electrons. The zero-order chi connectivity index (χ0) is 32.6. The number of aromatic nitrogens is 3. The Morgan fingerprint density at radius 3 is 2.62 bits per heavy atom. The highest BCUT2D eigenvalue weighted by Crippen LogP contribution is 2.34. The smallest absolute Gasteiger partial charge is 0.369 e. The lowest BCUT2D eigenvalue weighted by atomic mass is 10.0. The molecule has 3 aromatic rings. The van der Waals surface area contributed by atoms with Gasteiger partial charge in [-0.25, -0.2) is 9.50 Å². The summed E-state index contributed by atoms with van der Waals surface area (Å²) in [4.78, 5) is 25.6. The summed E-state index contributed by atoms with van der Waals surface area (Å²) in [5.74, 6) is 6.14. The van der Waals surface area contributed by atoms with E-state index in [2.05, 4.69) is 56.0 Å². The Bertz CT molecular complexity index is 1650. The molecular weight excluding hydrogens is 581 g/mol. The van der Waals surface area contributed by atoms with Gasteiger partial charge in [0.05, 0.1) is 17.5 Å². The fourth-order valence-electron chi connectivity index (χ4n) is 4.54. The monoisotopic (exact) mass is 620 g/mol. The first-order valence-electron chi connectivity index (χ1n) is 14.9. The van der Waals surface area contributed by atoms with Crippen molar-refractivity contribution in [2.75, 3.05) is 50.4 Å². The standard InChI is InChI=1S/C33H39F3N8O/c1-6-7-14-37-30-12-13-31-39-21-28(44(31)41-30)11-8-23(2)25(4)38-20-24(3)32(45)40-27-10-9-26(29(19-27)33(34,35)36)22-43-17-15-42(5)16-18-43/h9-10,12-13,19-21H,2,6-7,14-18,22H2,1,3-5H3,(H,37,41)(H,40,45)/b24-20+,38-25-. The van der Waals surface area contributed by atoms with Crippen LogP contribution in [-0.2, 0) is 17.5 Å². The number of rotatable bonds is 10. The van der Waals surface area contributed by atoms with Crippen LogP contribution in [0.2, 0.25) is 0 Å². The zero-order valence-electron chi connectivity index (χ0n) is 26.1. The van der Waals surface area contributed by atoms with Crippen molar-refractivity contribution in [2.24, 2.45) is 4.99 Å². The molecule has 2 aromatic heterocycles. The first-order valence-corrected chi connectivity index (χ1v) is 14.9. The quantitative estimate of drug-likeness (QED) is 0.132. The summed E-state index contributed by atoms with van der Waals surface area (Å²) < 4.78 is 43.4. The van der Waals surface area contributed by atoms with Gasteiger partial charge in [0.1, 0.15) is 11.5 Å². The fraction of sp³-hybridized carbons (Fsp3) is 0.394. The van der Waals surface area contributed by atoms with Crippen LogP contribution >= 0.6 is 0 Å². The number of imidazole rings is 1. The Kier molecular flexibility index (Phi) is 11.1. The Hall–Kier alpha value is -4.47. The average Bonchev–Trinajstić information content (AvgIpc) is 3.42. The number of hydrogen-bond acceptors (Lipinski definition) is 7. The molecule has 12 heteroatoms. The number of carbonyl (C=O) groups excluding carboxylic acids is 1. The molecular formula is C33H39F3N8O. The number of nitrogens with one attached hydrogen (secondary N) is 2. The zero-order valence-corrected chi connectivity index (χ0v) is 26.1. The molecule has 0 atom stereocenters. The van der Waals surface area contributed by atoms with Crippen molar-refractivity contribution in [1.29, 1.82) is 0 Å². The fourth-order valence-corrected chi connectivity index (χ4v) is 4.54. The molecule has 1 amide bonds. The number of alkyl halides is 3. The van der Waals surface area contributed by atoms with Gasteiger partial charge in [0.25, 0.3) is 5.91 Å². The van der Waals surface area contributed by atoms with E-state index in [9.17, 15) is 18.0 Å². The molecule has 3 heterocycles. The summed E-state index contributed by atoms with van der Waals surface area (Å²) >= 11 is 0. The summed E-state index contributed by atoms with van der Waals surface area (Å²) in [5.41, 5.74) is 1.84. The topological polar surface area (TPSA) is 90.2 Å². The van der Waals surface area contributed by atoms with Gasteiger partial charge in [-0.3, -0.25) is 14.7 Å². The number of fused-ring (bicyclic) bond motifs is 1. The van der Waals surface area contributed by atoms with Gasteiger partial charge in [0, 0.05) is 62.3 Å². The van der Waals surface area contributed by atoms with Crippen LogP contribution in [0.15, 0.2) is 65.4 Å². The van der Waals surface area contributed by atoms with E-state index in [4.69, 9.17) is 0 Å². The Morgan fingerprint density at radius 1 is 1.16 bits per heavy atom. The van der Waals surface area contributed by atoms with E-state index in [0.29, 0.717) is 35.7 Å². The Balaban J connectivity index is 1.41. The van der Waals surface area contributed by atoms with Crippen molar-refractivity contribution in [3.63, 3.8) is 0 Å². The van der Waals surface area contributed by atoms with Crippen LogP contribution in [0.5, 0.6) is 0 Å². The lowest BCUT2D eigenvalue weighted by Gasteiger charge is -2.33. The van der Waals surface area contributed by atoms with Gasteiger partial charge in [-0.1, -0.05) is 31.9 Å². The minimum Gasteiger partial charge on any atom is -0.369 e. The van der Waals surface area contributed by atoms with Crippen molar-refractivity contribution < 1.29 is 18.0 Å². The van der Waals surface area contributed by atoms with Crippen LogP contribution in [0, 0.1) is 11.8 Å². The second kappa shape index (κ2) is 15.0. The molecule has 0 aliphatic carbocycles. The number of carbonyl (C=O) groups is 1. The van der Waals surface area contributed by atoms with Crippen LogP contribution < -0.4 is 10.6 Å². The maximum Gasteiger partial charge on any atom is 0.416 e. The van der Waals surface area contributed by atoms with Gasteiger partial charge < -0.3 is 15.5 Å². The lowest BCUT2D eigenvalue weighted by molar-refractivity contribution is -0.138. The summed E-state index contributed by atoms with van der Waals surface area (Å²) in [6.45, 7) is 13.4. The van der Waals surface area contributed by atoms with Gasteiger partial charge in [-0.05, 0) is 63.1 Å². The number of benzene rings is 1. The highest BCUT2D eigenvalue weighted by Gasteiger charge is 2.34. The van der Waals surface area contributed by atoms with Crippen molar-refractivity contribution in [3.05, 3.63) is 77.3 Å². The predicted octanol–water partition coefficient (Wildman–Crippen LogP) is 5.62. The number of nitrogens with zero attached hydrogens (tertiary/aromatic N) is 6. The molecule has 0 saturated carbocycles. The predicted molar refractivity (Wildman–Crippen MR) is 172 cm³/mol. The SMILES string of the molecule is C=C(C#Cc1cnc2ccc(NCCCC)nn12)/C(C)=N\C=C(/C)C(=O)Nc1ccc(CN2CCN(C)CC2)c(C(F)(F)F)c1. The third kappa shape index (κ3) is 9.26. The molecule has 1 aliphatic rings. The minimum absolute atomic E-state index is 0.0588. The molecule has 0 bridgehead atoms. The van der Waals surface area contributed by atoms with Gasteiger partial charge in [0.15, 0.2) is 5.65 Å². The molecule has 238 valence electrons. The van der Waals surface area contributed by atoms with Gasteiger partial charge in [0.2, 0.25) is 0 Å². The Morgan fingerprint density at radius 2 is 1.91 bits per heavy atom. The van der Waals surface area contributed by atoms with Gasteiger partial charge in [-0.2, -0.15) is 13.2 Å². The van der Waals surface area contributed by atoms with Crippen LogP contribution in [0.25, 0.3) is 5.65 Å². The largest absolute Gasteiger partial charge is 0.416 e. The molecule has 1 aliphatic heterocycles. The van der Waals surface area contributed by atoms with Gasteiger partial charge >= 0.3 is 6.18 Å². The minimum atomic E-state index is -4.55. The maximum absolute atomic E-state index is 13.9. The van der Waals surface area contributed by atoms with Crippen LogP contribution in [-0.4, -0.2) is 75.8 Å². The van der Waals surface area contributed by atoms with Crippen molar-refractivity contribution in [1.82, 2.24) is 24.4 Å². The molecule has 1 saturated heterocycles. The Labute approximate surface area is 261 Å². The summed E-state index contributed by atoms with van der Waals surface area (Å²) in [7, 11) is 1.99. The third-order valence-electron chi connectivity index (χ3n) is 7.45. The van der Waals surface area contributed by atoms with E-state index in [-0.39, 0.29) is 23.4 Å². The molecule has 45 heavy (non-hydrogen) atoms. The first kappa shape index (κ1) is 33.4. The van der Waals surface area contributed by atoms with E-state index in [0.717, 1.165) is 44.4 Å². The number of aliphatic imine (C=N–C) groups is 1. The summed E-state index contributed by atoms with van der Waals surface area (Å²) in [5, 5.41) is 10.4. The highest BCUT2D eigenvalue weighted by atomic mass is 19.4. The number of piperazine rings is 1. The van der Waals surface area contributed by atoms with Crippen LogP contribution in [0.4, 0.5) is 24.7 Å². The van der Waals surface area contributed by atoms with Crippen molar-refractivity contribution in [2.45, 2.75) is 46.3 Å². The maximum atomic E-state index is 13.9. The number of hydrogen-bond donors (Lipinski definition) is 2. The van der Waals surface area contributed by atoms with Crippen molar-refractivity contribution >= 4 is 28.8 Å². The lowest BCUT2D eigenvalue weighted by Crippen LogP contribution is -2.44. The molecule has 2 N–H and O–H groups in total. The number of anilines is 2. The van der Waals surface area contributed by atoms with E-state index < -0.39 is 17.6 Å². The molecule has 9 nitrogen and oxygen atoms in total. The van der Waals surface area contributed by atoms with E-state index in [1.807, 2.05) is 24.1 Å². The molecule has 1 aromatic carbocycles. The number of unbranched alkanes of at least 4 members (excludes halogenated alkanes) is 1. The normalized spacial score (nSPS) is 15.1. The second-order valence-corrected chi connectivity index (χ2v) is 11.1. The molecule has 0 spiro atoms. The van der Waals surface area contributed by atoms with Crippen LogP contribution in [0.1, 0.15) is 50.4 Å². The summed E-state index contributed by atoms with van der Waals surface area (Å²) in [6, 6.07) is 7.65. The van der Waals surface area contributed by atoms with Crippen molar-refractivity contribution in [3.8, 4) is 11.8 Å². The van der Waals surface area contributed by atoms with Crippen LogP contribution in [0.3, 0.4) is 0 Å². The van der Waals surface area contributed by atoms with E-state index in [1.54, 1.807) is 17.6 Å². The number of allylic oxidation sites excluding steroid dienone is 1. The number of halogens is 3. The first-order chi connectivity index (χ1) is 21.4. The third-order valence-corrected chi connectivity index (χ3v) is 7.45. The molecule has 1 fully saturated rings. The molecule has 4 rings (SSSR count). The average molecular weight is 621 g/mol. The summed E-state index contributed by atoms with van der Waals surface area (Å²) in [6.07, 6.45) is 0.529. The highest BCUT2D eigenvalue weighted by molar-refractivity contribution is 6.05. The number of amides is 1. The van der Waals surface area contributed by atoms with E-state index >= 15 is 0 Å². The second-order valence-electron chi connectivity index (χ2n) is 11.1. The number of likely N-dealkylation sites (N-methyl/N-ethyl adjacent to an activating group) is 1.